The van der Waals surface area contributed by atoms with Crippen LogP contribution in [0.25, 0.3) is 66.1 Å². The van der Waals surface area contributed by atoms with Crippen molar-refractivity contribution in [3.05, 3.63) is 222 Å². The lowest BCUT2D eigenvalue weighted by Crippen LogP contribution is -2.29. The van der Waals surface area contributed by atoms with E-state index < -0.39 is 5.41 Å². The Labute approximate surface area is 319 Å². The van der Waals surface area contributed by atoms with E-state index in [1.165, 1.54) is 66.4 Å². The quantitative estimate of drug-likeness (QED) is 0.183. The van der Waals surface area contributed by atoms with Crippen LogP contribution in [-0.2, 0) is 5.41 Å². The fourth-order valence-electron chi connectivity index (χ4n) is 9.84. The van der Waals surface area contributed by atoms with E-state index in [-0.39, 0.29) is 0 Å². The van der Waals surface area contributed by atoms with E-state index in [0.29, 0.717) is 0 Å². The second-order valence-electron chi connectivity index (χ2n) is 14.8. The van der Waals surface area contributed by atoms with Gasteiger partial charge in [0.2, 0.25) is 0 Å². The van der Waals surface area contributed by atoms with Gasteiger partial charge in [-0.15, -0.1) is 0 Å². The molecule has 256 valence electrons. The standard InChI is InChI=1S/C53H33NO/c1-2-17-35(18-3-1)54(50-27-14-16-34-15-4-5-19-37(34)50)36-29-30-42-39-21-7-6-20-38(39)40-22-8-11-25-46(40)53(48(42)31-36)47-26-12-9-23-41(47)44-32-45-43-24-10-13-28-51(43)55-52(45)33-49(44)53/h1-33H. The van der Waals surface area contributed by atoms with Crippen molar-refractivity contribution >= 4 is 49.8 Å². The molecule has 0 fully saturated rings. The first-order valence-corrected chi connectivity index (χ1v) is 19.0. The Morgan fingerprint density at radius 3 is 1.69 bits per heavy atom. The summed E-state index contributed by atoms with van der Waals surface area (Å²) in [7, 11) is 0. The molecule has 12 rings (SSSR count). The summed E-state index contributed by atoms with van der Waals surface area (Å²) in [6, 6.07) is 73.5. The Morgan fingerprint density at radius 2 is 0.909 bits per heavy atom. The maximum atomic E-state index is 6.69. The van der Waals surface area contributed by atoms with Crippen LogP contribution in [0.2, 0.25) is 0 Å². The zero-order valence-electron chi connectivity index (χ0n) is 29.9. The molecule has 1 aromatic heterocycles. The van der Waals surface area contributed by atoms with Gasteiger partial charge in [-0.3, -0.25) is 0 Å². The van der Waals surface area contributed by atoms with Crippen molar-refractivity contribution in [2.45, 2.75) is 5.41 Å². The summed E-state index contributed by atoms with van der Waals surface area (Å²) >= 11 is 0. The third-order valence-electron chi connectivity index (χ3n) is 12.1. The topological polar surface area (TPSA) is 16.4 Å². The van der Waals surface area contributed by atoms with Crippen LogP contribution in [0.15, 0.2) is 205 Å². The second-order valence-corrected chi connectivity index (χ2v) is 14.8. The van der Waals surface area contributed by atoms with Gasteiger partial charge < -0.3 is 9.32 Å². The summed E-state index contributed by atoms with van der Waals surface area (Å²) in [5.74, 6) is 0. The van der Waals surface area contributed by atoms with Crippen LogP contribution in [0, 0.1) is 0 Å². The average Bonchev–Trinajstić information content (AvgIpc) is 3.73. The molecule has 0 amide bonds. The Hall–Kier alpha value is -7.16. The van der Waals surface area contributed by atoms with E-state index in [2.05, 4.69) is 205 Å². The van der Waals surface area contributed by atoms with Gasteiger partial charge in [-0.25, -0.2) is 0 Å². The van der Waals surface area contributed by atoms with Crippen molar-refractivity contribution in [3.63, 3.8) is 0 Å². The smallest absolute Gasteiger partial charge is 0.135 e. The summed E-state index contributed by atoms with van der Waals surface area (Å²) in [5.41, 5.74) is 17.1. The molecular formula is C53H33NO. The Kier molecular flexibility index (Phi) is 6.29. The van der Waals surface area contributed by atoms with E-state index in [0.717, 1.165) is 39.0 Å². The van der Waals surface area contributed by atoms with Gasteiger partial charge in [0.1, 0.15) is 11.2 Å². The highest BCUT2D eigenvalue weighted by molar-refractivity contribution is 6.09. The molecule has 2 heteroatoms. The first kappa shape index (κ1) is 30.3. The third kappa shape index (κ3) is 4.14. The van der Waals surface area contributed by atoms with Crippen LogP contribution in [0.1, 0.15) is 22.3 Å². The van der Waals surface area contributed by atoms with Gasteiger partial charge >= 0.3 is 0 Å². The third-order valence-corrected chi connectivity index (χ3v) is 12.1. The van der Waals surface area contributed by atoms with Gasteiger partial charge in [-0.1, -0.05) is 152 Å². The number of benzene rings is 9. The van der Waals surface area contributed by atoms with E-state index in [1.807, 2.05) is 0 Å². The molecule has 55 heavy (non-hydrogen) atoms. The zero-order chi connectivity index (χ0) is 36.1. The van der Waals surface area contributed by atoms with Crippen molar-refractivity contribution in [2.75, 3.05) is 4.90 Å². The fraction of sp³-hybridized carbons (Fsp3) is 0.0189. The molecule has 2 aliphatic rings. The molecule has 0 saturated heterocycles. The van der Waals surface area contributed by atoms with E-state index in [1.54, 1.807) is 0 Å². The first-order chi connectivity index (χ1) is 27.3. The van der Waals surface area contributed by atoms with Crippen molar-refractivity contribution in [2.24, 2.45) is 0 Å². The fourth-order valence-corrected chi connectivity index (χ4v) is 9.84. The van der Waals surface area contributed by atoms with Crippen LogP contribution >= 0.6 is 0 Å². The largest absolute Gasteiger partial charge is 0.456 e. The Bertz CT molecular complexity index is 3170. The Morgan fingerprint density at radius 1 is 0.327 bits per heavy atom. The van der Waals surface area contributed by atoms with E-state index in [9.17, 15) is 0 Å². The highest BCUT2D eigenvalue weighted by Crippen LogP contribution is 2.62. The van der Waals surface area contributed by atoms with Crippen LogP contribution in [0.3, 0.4) is 0 Å². The van der Waals surface area contributed by atoms with Crippen LogP contribution in [0.4, 0.5) is 17.1 Å². The normalized spacial score (nSPS) is 15.0. The molecule has 10 aromatic rings. The van der Waals surface area contributed by atoms with Gasteiger partial charge in [-0.2, -0.15) is 0 Å². The number of hydrogen-bond acceptors (Lipinski definition) is 2. The van der Waals surface area contributed by atoms with Crippen molar-refractivity contribution in [1.82, 2.24) is 0 Å². The Balaban J connectivity index is 1.25. The molecule has 9 aromatic carbocycles. The number of nitrogens with zero attached hydrogens (tertiary/aromatic N) is 1. The number of hydrogen-bond donors (Lipinski definition) is 0. The van der Waals surface area contributed by atoms with Gasteiger partial charge in [0.15, 0.2) is 0 Å². The highest BCUT2D eigenvalue weighted by Gasteiger charge is 2.50. The molecule has 1 spiro atoms. The zero-order valence-corrected chi connectivity index (χ0v) is 29.9. The monoisotopic (exact) mass is 699 g/mol. The lowest BCUT2D eigenvalue weighted by atomic mass is 9.65. The first-order valence-electron chi connectivity index (χ1n) is 19.0. The molecule has 1 unspecified atom stereocenters. The number of para-hydroxylation sites is 2. The minimum atomic E-state index is -0.652. The van der Waals surface area contributed by atoms with Gasteiger partial charge in [-0.05, 0) is 110 Å². The molecule has 2 aliphatic carbocycles. The van der Waals surface area contributed by atoms with Gasteiger partial charge in [0.25, 0.3) is 0 Å². The summed E-state index contributed by atoms with van der Waals surface area (Å²) < 4.78 is 6.69. The molecule has 2 nitrogen and oxygen atoms in total. The van der Waals surface area contributed by atoms with Crippen molar-refractivity contribution in [3.8, 4) is 33.4 Å². The minimum absolute atomic E-state index is 0.652. The predicted octanol–water partition coefficient (Wildman–Crippen LogP) is 14.2. The molecule has 0 saturated carbocycles. The number of rotatable bonds is 3. The van der Waals surface area contributed by atoms with Crippen molar-refractivity contribution in [1.29, 1.82) is 0 Å². The number of furan rings is 1. The molecule has 0 bridgehead atoms. The lowest BCUT2D eigenvalue weighted by molar-refractivity contribution is 0.666. The summed E-state index contributed by atoms with van der Waals surface area (Å²) in [4.78, 5) is 2.43. The molecular weight excluding hydrogens is 667 g/mol. The average molecular weight is 700 g/mol. The minimum Gasteiger partial charge on any atom is -0.456 e. The molecule has 0 aliphatic heterocycles. The van der Waals surface area contributed by atoms with Gasteiger partial charge in [0.05, 0.1) is 11.1 Å². The molecule has 1 heterocycles. The maximum Gasteiger partial charge on any atom is 0.135 e. The number of anilines is 3. The summed E-state index contributed by atoms with van der Waals surface area (Å²) in [6.45, 7) is 0. The number of fused-ring (bicyclic) bond motifs is 16. The molecule has 0 radical (unpaired) electrons. The van der Waals surface area contributed by atoms with Crippen LogP contribution in [0.5, 0.6) is 0 Å². The summed E-state index contributed by atoms with van der Waals surface area (Å²) in [6.07, 6.45) is 0. The second kappa shape index (κ2) is 11.4. The molecule has 0 N–H and O–H groups in total. The van der Waals surface area contributed by atoms with Crippen molar-refractivity contribution < 1.29 is 4.42 Å². The lowest BCUT2D eigenvalue weighted by Gasteiger charge is -2.36. The predicted molar refractivity (Wildman–Crippen MR) is 228 cm³/mol. The van der Waals surface area contributed by atoms with Crippen LogP contribution in [-0.4, -0.2) is 0 Å². The van der Waals surface area contributed by atoms with Crippen LogP contribution < -0.4 is 4.90 Å². The SMILES string of the molecule is c1ccc(N(c2ccc3c(c2)C2(c4ccccc4-c4ccccc4-3)c3ccccc3-c3cc4c(cc32)oc2ccccc24)c2cccc3ccccc23)cc1. The summed E-state index contributed by atoms with van der Waals surface area (Å²) in [5, 5.41) is 4.71. The van der Waals surface area contributed by atoms with E-state index in [4.69, 9.17) is 4.42 Å². The highest BCUT2D eigenvalue weighted by atomic mass is 16.3. The van der Waals surface area contributed by atoms with Gasteiger partial charge in [0, 0.05) is 27.5 Å². The molecule has 1 atom stereocenters. The maximum absolute atomic E-state index is 6.69. The van der Waals surface area contributed by atoms with E-state index >= 15 is 0 Å².